The molecule has 0 bridgehead atoms. The van der Waals surface area contributed by atoms with Gasteiger partial charge in [-0.05, 0) is 36.1 Å². The summed E-state index contributed by atoms with van der Waals surface area (Å²) in [5, 5.41) is 4.03. The third-order valence-corrected chi connectivity index (χ3v) is 3.56. The van der Waals surface area contributed by atoms with E-state index in [1.54, 1.807) is 0 Å². The van der Waals surface area contributed by atoms with Crippen molar-refractivity contribution in [2.24, 2.45) is 11.1 Å². The van der Waals surface area contributed by atoms with Crippen LogP contribution in [0.25, 0.3) is 11.4 Å². The zero-order valence-electron chi connectivity index (χ0n) is 11.6. The molecule has 5 heteroatoms. The highest BCUT2D eigenvalue weighted by atomic mass is 79.9. The van der Waals surface area contributed by atoms with Crippen LogP contribution in [0.1, 0.15) is 38.3 Å². The highest BCUT2D eigenvalue weighted by molar-refractivity contribution is 9.10. The minimum Gasteiger partial charge on any atom is -0.337 e. The van der Waals surface area contributed by atoms with E-state index in [-0.39, 0.29) is 11.5 Å². The lowest BCUT2D eigenvalue weighted by molar-refractivity contribution is 0.253. The summed E-state index contributed by atoms with van der Waals surface area (Å²) in [6.07, 6.45) is 0. The molecule has 102 valence electrons. The van der Waals surface area contributed by atoms with Crippen molar-refractivity contribution in [2.45, 2.75) is 33.7 Å². The van der Waals surface area contributed by atoms with Gasteiger partial charge in [-0.3, -0.25) is 0 Å². The summed E-state index contributed by atoms with van der Waals surface area (Å²) in [7, 11) is 0. The van der Waals surface area contributed by atoms with Gasteiger partial charge in [-0.25, -0.2) is 0 Å². The summed E-state index contributed by atoms with van der Waals surface area (Å²) < 4.78 is 6.33. The van der Waals surface area contributed by atoms with Gasteiger partial charge >= 0.3 is 0 Å². The van der Waals surface area contributed by atoms with Gasteiger partial charge in [0.2, 0.25) is 11.7 Å². The molecule has 0 fully saturated rings. The van der Waals surface area contributed by atoms with Crippen molar-refractivity contribution in [1.29, 1.82) is 0 Å². The van der Waals surface area contributed by atoms with Crippen molar-refractivity contribution in [2.75, 3.05) is 0 Å². The Bertz CT molecular complexity index is 587. The maximum Gasteiger partial charge on any atom is 0.244 e. The first-order chi connectivity index (χ1) is 8.79. The second-order valence-electron chi connectivity index (χ2n) is 5.76. The average Bonchev–Trinajstić information content (AvgIpc) is 2.75. The van der Waals surface area contributed by atoms with E-state index in [0.717, 1.165) is 15.6 Å². The first-order valence-corrected chi connectivity index (χ1v) is 6.94. The Kier molecular flexibility index (Phi) is 3.78. The number of halogens is 1. The Morgan fingerprint density at radius 1 is 1.32 bits per heavy atom. The van der Waals surface area contributed by atoms with Crippen LogP contribution in [0.5, 0.6) is 0 Å². The maximum atomic E-state index is 6.12. The van der Waals surface area contributed by atoms with Crippen molar-refractivity contribution in [3.8, 4) is 11.4 Å². The second-order valence-corrected chi connectivity index (χ2v) is 6.67. The SMILES string of the molecule is Cc1cc(Br)ccc1-c1noc([C@@H](N)C(C)(C)C)n1. The van der Waals surface area contributed by atoms with Gasteiger partial charge in [-0.2, -0.15) is 4.98 Å². The maximum absolute atomic E-state index is 6.12. The molecule has 1 aromatic heterocycles. The van der Waals surface area contributed by atoms with E-state index in [1.807, 2.05) is 45.9 Å². The number of nitrogens with two attached hydrogens (primary N) is 1. The van der Waals surface area contributed by atoms with Gasteiger partial charge in [0.15, 0.2) is 0 Å². The molecule has 0 aliphatic rings. The zero-order valence-corrected chi connectivity index (χ0v) is 13.2. The van der Waals surface area contributed by atoms with Gasteiger partial charge in [0.05, 0.1) is 6.04 Å². The Morgan fingerprint density at radius 3 is 2.58 bits per heavy atom. The summed E-state index contributed by atoms with van der Waals surface area (Å²) >= 11 is 3.44. The molecule has 2 rings (SSSR count). The third-order valence-electron chi connectivity index (χ3n) is 3.07. The summed E-state index contributed by atoms with van der Waals surface area (Å²) in [5.74, 6) is 1.06. The van der Waals surface area contributed by atoms with Crippen molar-refractivity contribution >= 4 is 15.9 Å². The minimum atomic E-state index is -0.274. The molecule has 0 unspecified atom stereocenters. The molecule has 1 heterocycles. The van der Waals surface area contributed by atoms with E-state index < -0.39 is 0 Å². The van der Waals surface area contributed by atoms with E-state index >= 15 is 0 Å². The van der Waals surface area contributed by atoms with Crippen LogP contribution >= 0.6 is 15.9 Å². The molecule has 0 radical (unpaired) electrons. The van der Waals surface area contributed by atoms with Crippen molar-refractivity contribution in [3.63, 3.8) is 0 Å². The molecule has 1 aromatic carbocycles. The normalized spacial score (nSPS) is 13.6. The van der Waals surface area contributed by atoms with E-state index in [1.165, 1.54) is 0 Å². The lowest BCUT2D eigenvalue weighted by atomic mass is 9.87. The molecule has 0 aliphatic carbocycles. The fourth-order valence-corrected chi connectivity index (χ4v) is 2.19. The standard InChI is InChI=1S/C14H18BrN3O/c1-8-7-9(15)5-6-10(8)12-17-13(19-18-12)11(16)14(2,3)4/h5-7,11H,16H2,1-4H3/t11-/m1/s1. The van der Waals surface area contributed by atoms with Crippen LogP contribution in [-0.4, -0.2) is 10.1 Å². The van der Waals surface area contributed by atoms with Crippen molar-refractivity contribution < 1.29 is 4.52 Å². The molecule has 0 spiro atoms. The Morgan fingerprint density at radius 2 is 2.00 bits per heavy atom. The number of hydrogen-bond donors (Lipinski definition) is 1. The van der Waals surface area contributed by atoms with Crippen LogP contribution in [0.15, 0.2) is 27.2 Å². The van der Waals surface area contributed by atoms with E-state index in [4.69, 9.17) is 10.3 Å². The number of benzene rings is 1. The molecule has 2 N–H and O–H groups in total. The molecule has 1 atom stereocenters. The molecule has 0 amide bonds. The molecule has 0 saturated carbocycles. The Hall–Kier alpha value is -1.20. The zero-order chi connectivity index (χ0) is 14.2. The van der Waals surface area contributed by atoms with E-state index in [9.17, 15) is 0 Å². The minimum absolute atomic E-state index is 0.113. The molecule has 0 saturated heterocycles. The summed E-state index contributed by atoms with van der Waals surface area (Å²) in [5.41, 5.74) is 8.06. The number of aromatic nitrogens is 2. The summed E-state index contributed by atoms with van der Waals surface area (Å²) in [6, 6.07) is 5.68. The lowest BCUT2D eigenvalue weighted by Crippen LogP contribution is -2.26. The van der Waals surface area contributed by atoms with Gasteiger partial charge in [-0.1, -0.05) is 41.9 Å². The summed E-state index contributed by atoms with van der Waals surface area (Å²) in [4.78, 5) is 4.42. The van der Waals surface area contributed by atoms with Crippen LogP contribution in [0.4, 0.5) is 0 Å². The molecular weight excluding hydrogens is 306 g/mol. The van der Waals surface area contributed by atoms with Crippen LogP contribution < -0.4 is 5.73 Å². The fourth-order valence-electron chi connectivity index (χ4n) is 1.72. The van der Waals surface area contributed by atoms with E-state index in [2.05, 4.69) is 26.1 Å². The van der Waals surface area contributed by atoms with Crippen LogP contribution in [-0.2, 0) is 0 Å². The molecule has 2 aromatic rings. The van der Waals surface area contributed by atoms with Crippen LogP contribution in [0.2, 0.25) is 0 Å². The van der Waals surface area contributed by atoms with Gasteiger partial charge in [-0.15, -0.1) is 0 Å². The summed E-state index contributed by atoms with van der Waals surface area (Å²) in [6.45, 7) is 8.16. The van der Waals surface area contributed by atoms with Gasteiger partial charge in [0, 0.05) is 10.0 Å². The van der Waals surface area contributed by atoms with Gasteiger partial charge in [0.25, 0.3) is 0 Å². The second kappa shape index (κ2) is 5.06. The number of hydrogen-bond acceptors (Lipinski definition) is 4. The average molecular weight is 324 g/mol. The Balaban J connectivity index is 2.36. The number of aryl methyl sites for hydroxylation is 1. The smallest absolute Gasteiger partial charge is 0.244 e. The molecule has 4 nitrogen and oxygen atoms in total. The number of nitrogens with zero attached hydrogens (tertiary/aromatic N) is 2. The first-order valence-electron chi connectivity index (χ1n) is 6.15. The van der Waals surface area contributed by atoms with Gasteiger partial charge in [0.1, 0.15) is 0 Å². The lowest BCUT2D eigenvalue weighted by Gasteiger charge is -2.23. The predicted octanol–water partition coefficient (Wildman–Crippen LogP) is 3.85. The fraction of sp³-hybridized carbons (Fsp3) is 0.429. The quantitative estimate of drug-likeness (QED) is 0.911. The highest BCUT2D eigenvalue weighted by Gasteiger charge is 2.27. The largest absolute Gasteiger partial charge is 0.337 e. The molecule has 0 aliphatic heterocycles. The van der Waals surface area contributed by atoms with Crippen molar-refractivity contribution in [3.05, 3.63) is 34.1 Å². The number of rotatable bonds is 2. The van der Waals surface area contributed by atoms with Crippen molar-refractivity contribution in [1.82, 2.24) is 10.1 Å². The predicted molar refractivity (Wildman–Crippen MR) is 78.6 cm³/mol. The third kappa shape index (κ3) is 3.04. The van der Waals surface area contributed by atoms with Crippen LogP contribution in [0.3, 0.4) is 0 Å². The first kappa shape index (κ1) is 14.2. The molecule has 19 heavy (non-hydrogen) atoms. The molecular formula is C14H18BrN3O. The highest BCUT2D eigenvalue weighted by Crippen LogP contribution is 2.31. The Labute approximate surface area is 121 Å². The topological polar surface area (TPSA) is 64.9 Å². The van der Waals surface area contributed by atoms with E-state index in [0.29, 0.717) is 11.7 Å². The van der Waals surface area contributed by atoms with Gasteiger partial charge < -0.3 is 10.3 Å². The van der Waals surface area contributed by atoms with Crippen LogP contribution in [0, 0.1) is 12.3 Å². The monoisotopic (exact) mass is 323 g/mol.